The van der Waals surface area contributed by atoms with Crippen molar-refractivity contribution >= 4 is 10.8 Å². The van der Waals surface area contributed by atoms with Gasteiger partial charge < -0.3 is 9.84 Å². The topological polar surface area (TPSA) is 32.7 Å². The fourth-order valence-corrected chi connectivity index (χ4v) is 2.71. The molecule has 3 heteroatoms. The van der Waals surface area contributed by atoms with Crippen LogP contribution >= 0.6 is 0 Å². The zero-order valence-corrected chi connectivity index (χ0v) is 11.2. The van der Waals surface area contributed by atoms with Crippen molar-refractivity contribution in [2.24, 2.45) is 0 Å². The van der Waals surface area contributed by atoms with Crippen molar-refractivity contribution in [1.82, 2.24) is 4.90 Å². The van der Waals surface area contributed by atoms with Crippen molar-refractivity contribution in [2.75, 3.05) is 20.2 Å². The summed E-state index contributed by atoms with van der Waals surface area (Å²) in [6, 6.07) is 12.7. The minimum absolute atomic E-state index is 0.148. The molecule has 2 aromatic rings. The number of benzene rings is 2. The second-order valence-electron chi connectivity index (χ2n) is 5.23. The number of hydrogen-bond acceptors (Lipinski definition) is 3. The standard InChI is InChI=1S/C16H19NO2/c1-19-16-5-4-13-8-12(2-3-14(13)9-16)10-17-7-6-15(18)11-17/h2-5,8-9,15,18H,6-7,10-11H2,1H3/t15-/m0/s1. The summed E-state index contributed by atoms with van der Waals surface area (Å²) in [6.45, 7) is 2.70. The van der Waals surface area contributed by atoms with Crippen LogP contribution in [0.25, 0.3) is 10.8 Å². The van der Waals surface area contributed by atoms with Crippen LogP contribution in [0.15, 0.2) is 36.4 Å². The van der Waals surface area contributed by atoms with Crippen LogP contribution < -0.4 is 4.74 Å². The molecule has 1 fully saturated rings. The van der Waals surface area contributed by atoms with Gasteiger partial charge in [0.25, 0.3) is 0 Å². The van der Waals surface area contributed by atoms with Gasteiger partial charge >= 0.3 is 0 Å². The third-order valence-electron chi connectivity index (χ3n) is 3.77. The molecule has 0 aromatic heterocycles. The van der Waals surface area contributed by atoms with Crippen molar-refractivity contribution in [2.45, 2.75) is 19.1 Å². The van der Waals surface area contributed by atoms with Crippen LogP contribution in [0.4, 0.5) is 0 Å². The average molecular weight is 257 g/mol. The number of fused-ring (bicyclic) bond motifs is 1. The molecule has 1 N–H and O–H groups in total. The highest BCUT2D eigenvalue weighted by atomic mass is 16.5. The van der Waals surface area contributed by atoms with E-state index in [1.165, 1.54) is 16.3 Å². The molecule has 19 heavy (non-hydrogen) atoms. The van der Waals surface area contributed by atoms with Crippen LogP contribution in [-0.2, 0) is 6.54 Å². The lowest BCUT2D eigenvalue weighted by atomic mass is 10.1. The second-order valence-corrected chi connectivity index (χ2v) is 5.23. The number of ether oxygens (including phenoxy) is 1. The lowest BCUT2D eigenvalue weighted by Gasteiger charge is -2.15. The SMILES string of the molecule is COc1ccc2cc(CN3CC[C@H](O)C3)ccc2c1. The van der Waals surface area contributed by atoms with Crippen LogP contribution in [0.1, 0.15) is 12.0 Å². The molecular formula is C16H19NO2. The van der Waals surface area contributed by atoms with E-state index in [1.807, 2.05) is 6.07 Å². The first-order chi connectivity index (χ1) is 9.24. The second kappa shape index (κ2) is 5.19. The molecule has 1 heterocycles. The largest absolute Gasteiger partial charge is 0.497 e. The molecule has 1 saturated heterocycles. The first-order valence-corrected chi connectivity index (χ1v) is 6.72. The summed E-state index contributed by atoms with van der Waals surface area (Å²) in [7, 11) is 1.69. The summed E-state index contributed by atoms with van der Waals surface area (Å²) in [5.74, 6) is 0.892. The number of rotatable bonds is 3. The van der Waals surface area contributed by atoms with E-state index in [4.69, 9.17) is 4.74 Å². The molecule has 1 aliphatic rings. The molecule has 100 valence electrons. The van der Waals surface area contributed by atoms with Crippen LogP contribution in [0.2, 0.25) is 0 Å². The van der Waals surface area contributed by atoms with Crippen molar-refractivity contribution in [3.8, 4) is 5.75 Å². The van der Waals surface area contributed by atoms with E-state index in [2.05, 4.69) is 35.2 Å². The molecule has 0 unspecified atom stereocenters. The normalized spacial score (nSPS) is 20.0. The monoisotopic (exact) mass is 257 g/mol. The van der Waals surface area contributed by atoms with Crippen molar-refractivity contribution in [1.29, 1.82) is 0 Å². The number of nitrogens with zero attached hydrogens (tertiary/aromatic N) is 1. The third-order valence-corrected chi connectivity index (χ3v) is 3.77. The van der Waals surface area contributed by atoms with Gasteiger partial charge in [-0.15, -0.1) is 0 Å². The molecule has 0 bridgehead atoms. The Bertz CT molecular complexity index is 582. The summed E-state index contributed by atoms with van der Waals surface area (Å²) in [5, 5.41) is 12.0. The maximum Gasteiger partial charge on any atom is 0.119 e. The number of methoxy groups -OCH3 is 1. The third kappa shape index (κ3) is 2.72. The average Bonchev–Trinajstić information content (AvgIpc) is 2.83. The minimum atomic E-state index is -0.148. The predicted molar refractivity (Wildman–Crippen MR) is 76.4 cm³/mol. The Kier molecular flexibility index (Phi) is 3.40. The van der Waals surface area contributed by atoms with Gasteiger partial charge in [-0.1, -0.05) is 18.2 Å². The first-order valence-electron chi connectivity index (χ1n) is 6.72. The molecule has 2 aromatic carbocycles. The molecule has 3 nitrogen and oxygen atoms in total. The maximum atomic E-state index is 9.55. The summed E-state index contributed by atoms with van der Waals surface area (Å²) >= 11 is 0. The Morgan fingerprint density at radius 1 is 1.21 bits per heavy atom. The van der Waals surface area contributed by atoms with E-state index in [0.29, 0.717) is 0 Å². The quantitative estimate of drug-likeness (QED) is 0.916. The molecule has 0 spiro atoms. The Balaban J connectivity index is 1.81. The smallest absolute Gasteiger partial charge is 0.119 e. The molecule has 0 aliphatic carbocycles. The van der Waals surface area contributed by atoms with Gasteiger partial charge in [0.05, 0.1) is 13.2 Å². The summed E-state index contributed by atoms with van der Waals surface area (Å²) in [6.07, 6.45) is 0.745. The van der Waals surface area contributed by atoms with E-state index in [9.17, 15) is 5.11 Å². The van der Waals surface area contributed by atoms with E-state index >= 15 is 0 Å². The van der Waals surface area contributed by atoms with Gasteiger partial charge in [0.15, 0.2) is 0 Å². The van der Waals surface area contributed by atoms with Crippen LogP contribution in [0.5, 0.6) is 5.75 Å². The van der Waals surface area contributed by atoms with Crippen LogP contribution in [0.3, 0.4) is 0 Å². The molecule has 0 saturated carbocycles. The van der Waals surface area contributed by atoms with Gasteiger partial charge in [0, 0.05) is 19.6 Å². The molecular weight excluding hydrogens is 238 g/mol. The number of β-amino-alcohol motifs (C(OH)–C–C–N with tert-alkyl or cyclic N) is 1. The summed E-state index contributed by atoms with van der Waals surface area (Å²) in [5.41, 5.74) is 1.30. The fourth-order valence-electron chi connectivity index (χ4n) is 2.71. The van der Waals surface area contributed by atoms with Crippen LogP contribution in [-0.4, -0.2) is 36.3 Å². The fraction of sp³-hybridized carbons (Fsp3) is 0.375. The van der Waals surface area contributed by atoms with E-state index in [-0.39, 0.29) is 6.10 Å². The number of aliphatic hydroxyl groups is 1. The zero-order valence-electron chi connectivity index (χ0n) is 11.2. The van der Waals surface area contributed by atoms with Gasteiger partial charge in [-0.25, -0.2) is 0 Å². The minimum Gasteiger partial charge on any atom is -0.497 e. The van der Waals surface area contributed by atoms with Gasteiger partial charge in [-0.2, -0.15) is 0 Å². The van der Waals surface area contributed by atoms with Gasteiger partial charge in [-0.05, 0) is 41.0 Å². The van der Waals surface area contributed by atoms with Crippen LogP contribution in [0, 0.1) is 0 Å². The maximum absolute atomic E-state index is 9.55. The molecule has 1 atom stereocenters. The van der Waals surface area contributed by atoms with Gasteiger partial charge in [0.2, 0.25) is 0 Å². The Hall–Kier alpha value is -1.58. The molecule has 0 amide bonds. The highest BCUT2D eigenvalue weighted by Crippen LogP contribution is 2.23. The molecule has 1 aliphatic heterocycles. The predicted octanol–water partition coefficient (Wildman–Crippen LogP) is 2.42. The number of likely N-dealkylation sites (tertiary alicyclic amines) is 1. The lowest BCUT2D eigenvalue weighted by Crippen LogP contribution is -2.21. The van der Waals surface area contributed by atoms with E-state index < -0.39 is 0 Å². The Morgan fingerprint density at radius 3 is 2.74 bits per heavy atom. The Morgan fingerprint density at radius 2 is 2.00 bits per heavy atom. The first kappa shape index (κ1) is 12.5. The van der Waals surface area contributed by atoms with Crippen molar-refractivity contribution in [3.63, 3.8) is 0 Å². The van der Waals surface area contributed by atoms with E-state index in [1.54, 1.807) is 7.11 Å². The zero-order chi connectivity index (χ0) is 13.2. The lowest BCUT2D eigenvalue weighted by molar-refractivity contribution is 0.175. The molecule has 0 radical (unpaired) electrons. The van der Waals surface area contributed by atoms with Crippen molar-refractivity contribution < 1.29 is 9.84 Å². The van der Waals surface area contributed by atoms with Gasteiger partial charge in [-0.3, -0.25) is 4.90 Å². The molecule has 3 rings (SSSR count). The highest BCUT2D eigenvalue weighted by Gasteiger charge is 2.19. The summed E-state index contributed by atoms with van der Waals surface area (Å²) < 4.78 is 5.24. The van der Waals surface area contributed by atoms with Gasteiger partial charge in [0.1, 0.15) is 5.75 Å². The summed E-state index contributed by atoms with van der Waals surface area (Å²) in [4.78, 5) is 2.30. The van der Waals surface area contributed by atoms with Crippen molar-refractivity contribution in [3.05, 3.63) is 42.0 Å². The van der Waals surface area contributed by atoms with E-state index in [0.717, 1.165) is 31.8 Å². The number of hydrogen-bond donors (Lipinski definition) is 1. The highest BCUT2D eigenvalue weighted by molar-refractivity contribution is 5.84. The number of aliphatic hydroxyl groups excluding tert-OH is 1. The Labute approximate surface area is 113 Å².